The molecular weight excluding hydrogens is 216 g/mol. The fourth-order valence-electron chi connectivity index (χ4n) is 2.53. The van der Waals surface area contributed by atoms with Crippen LogP contribution < -0.4 is 5.73 Å². The van der Waals surface area contributed by atoms with Gasteiger partial charge in [0, 0.05) is 26.3 Å². The molecule has 1 saturated heterocycles. The minimum Gasteiger partial charge on any atom is -0.389 e. The van der Waals surface area contributed by atoms with Crippen molar-refractivity contribution >= 4 is 0 Å². The minimum absolute atomic E-state index is 0.180. The zero-order valence-corrected chi connectivity index (χ0v) is 11.5. The standard InChI is InChI=1S/C13H28N2O2/c1-4-15(10-12(2,3)16)11-13(9-14)5-7-17-8-6-13/h16H,4-11,14H2,1-3H3. The van der Waals surface area contributed by atoms with E-state index in [-0.39, 0.29) is 5.41 Å². The Labute approximate surface area is 105 Å². The van der Waals surface area contributed by atoms with Crippen LogP contribution in [0, 0.1) is 5.41 Å². The van der Waals surface area contributed by atoms with E-state index in [1.807, 2.05) is 13.8 Å². The van der Waals surface area contributed by atoms with E-state index in [2.05, 4.69) is 11.8 Å². The molecule has 0 saturated carbocycles. The lowest BCUT2D eigenvalue weighted by Gasteiger charge is -2.41. The van der Waals surface area contributed by atoms with Crippen LogP contribution in [0.15, 0.2) is 0 Å². The molecule has 4 nitrogen and oxygen atoms in total. The molecule has 0 unspecified atom stereocenters. The average Bonchev–Trinajstić information content (AvgIpc) is 2.27. The number of ether oxygens (including phenoxy) is 1. The van der Waals surface area contributed by atoms with Gasteiger partial charge in [-0.1, -0.05) is 6.92 Å². The van der Waals surface area contributed by atoms with E-state index < -0.39 is 5.60 Å². The van der Waals surface area contributed by atoms with Crippen LogP contribution in [-0.2, 0) is 4.74 Å². The van der Waals surface area contributed by atoms with E-state index in [1.165, 1.54) is 0 Å². The molecule has 0 aliphatic carbocycles. The highest BCUT2D eigenvalue weighted by molar-refractivity contribution is 4.87. The van der Waals surface area contributed by atoms with E-state index in [0.29, 0.717) is 13.1 Å². The molecule has 1 fully saturated rings. The van der Waals surface area contributed by atoms with Gasteiger partial charge in [0.15, 0.2) is 0 Å². The summed E-state index contributed by atoms with van der Waals surface area (Å²) in [6.07, 6.45) is 2.07. The molecule has 102 valence electrons. The molecule has 1 aliphatic heterocycles. The largest absolute Gasteiger partial charge is 0.389 e. The van der Waals surface area contributed by atoms with Gasteiger partial charge in [-0.3, -0.25) is 0 Å². The van der Waals surface area contributed by atoms with E-state index in [1.54, 1.807) is 0 Å². The van der Waals surface area contributed by atoms with Crippen molar-refractivity contribution in [2.24, 2.45) is 11.1 Å². The molecule has 0 spiro atoms. The molecule has 1 heterocycles. The third kappa shape index (κ3) is 4.92. The molecule has 0 aromatic heterocycles. The van der Waals surface area contributed by atoms with Gasteiger partial charge in [-0.2, -0.15) is 0 Å². The van der Waals surface area contributed by atoms with Gasteiger partial charge in [0.1, 0.15) is 0 Å². The lowest BCUT2D eigenvalue weighted by Crippen LogP contribution is -2.49. The van der Waals surface area contributed by atoms with E-state index >= 15 is 0 Å². The maximum Gasteiger partial charge on any atom is 0.0718 e. The Balaban J connectivity index is 2.58. The highest BCUT2D eigenvalue weighted by atomic mass is 16.5. The maximum atomic E-state index is 9.91. The molecule has 0 amide bonds. The van der Waals surface area contributed by atoms with E-state index in [9.17, 15) is 5.11 Å². The predicted molar refractivity (Wildman–Crippen MR) is 70.0 cm³/mol. The summed E-state index contributed by atoms with van der Waals surface area (Å²) in [6, 6.07) is 0. The molecule has 0 atom stereocenters. The van der Waals surface area contributed by atoms with Crippen molar-refractivity contribution in [3.8, 4) is 0 Å². The van der Waals surface area contributed by atoms with Crippen LogP contribution in [0.4, 0.5) is 0 Å². The molecule has 3 N–H and O–H groups in total. The topological polar surface area (TPSA) is 58.7 Å². The molecule has 4 heteroatoms. The van der Waals surface area contributed by atoms with E-state index in [4.69, 9.17) is 10.5 Å². The van der Waals surface area contributed by atoms with Crippen molar-refractivity contribution in [1.82, 2.24) is 4.90 Å². The number of likely N-dealkylation sites (N-methyl/N-ethyl adjacent to an activating group) is 1. The molecule has 0 aromatic carbocycles. The average molecular weight is 244 g/mol. The number of hydrogen-bond donors (Lipinski definition) is 2. The number of nitrogens with two attached hydrogens (primary N) is 1. The second kappa shape index (κ2) is 6.14. The Bertz CT molecular complexity index is 220. The van der Waals surface area contributed by atoms with Crippen LogP contribution in [0.2, 0.25) is 0 Å². The normalized spacial score (nSPS) is 20.8. The molecule has 0 bridgehead atoms. The summed E-state index contributed by atoms with van der Waals surface area (Å²) >= 11 is 0. The highest BCUT2D eigenvalue weighted by Crippen LogP contribution is 2.30. The summed E-state index contributed by atoms with van der Waals surface area (Å²) in [4.78, 5) is 2.30. The number of hydrogen-bond acceptors (Lipinski definition) is 4. The van der Waals surface area contributed by atoms with Crippen LogP contribution in [-0.4, -0.2) is 55.0 Å². The quantitative estimate of drug-likeness (QED) is 0.727. The van der Waals surface area contributed by atoms with E-state index in [0.717, 1.165) is 39.1 Å². The predicted octanol–water partition coefficient (Wildman–Crippen LogP) is 0.835. The van der Waals surface area contributed by atoms with Crippen LogP contribution in [0.3, 0.4) is 0 Å². The van der Waals surface area contributed by atoms with Crippen molar-refractivity contribution in [2.45, 2.75) is 39.2 Å². The van der Waals surface area contributed by atoms with Gasteiger partial charge in [0.2, 0.25) is 0 Å². The van der Waals surface area contributed by atoms with Crippen molar-refractivity contribution in [1.29, 1.82) is 0 Å². The minimum atomic E-state index is -0.642. The van der Waals surface area contributed by atoms with Crippen molar-refractivity contribution in [3.63, 3.8) is 0 Å². The molecule has 17 heavy (non-hydrogen) atoms. The van der Waals surface area contributed by atoms with Gasteiger partial charge < -0.3 is 20.5 Å². The molecular formula is C13H28N2O2. The number of nitrogens with zero attached hydrogens (tertiary/aromatic N) is 1. The summed E-state index contributed by atoms with van der Waals surface area (Å²) in [7, 11) is 0. The van der Waals surface area contributed by atoms with Crippen LogP contribution in [0.5, 0.6) is 0 Å². The summed E-state index contributed by atoms with van der Waals surface area (Å²) in [5.41, 5.74) is 5.50. The van der Waals surface area contributed by atoms with Gasteiger partial charge in [-0.15, -0.1) is 0 Å². The Morgan fingerprint density at radius 3 is 2.35 bits per heavy atom. The number of aliphatic hydroxyl groups is 1. The Morgan fingerprint density at radius 2 is 1.94 bits per heavy atom. The monoisotopic (exact) mass is 244 g/mol. The zero-order valence-electron chi connectivity index (χ0n) is 11.5. The summed E-state index contributed by atoms with van der Waals surface area (Å²) in [5.74, 6) is 0. The first kappa shape index (κ1) is 14.9. The smallest absolute Gasteiger partial charge is 0.0718 e. The Kier molecular flexibility index (Phi) is 5.38. The van der Waals surface area contributed by atoms with Crippen molar-refractivity contribution < 1.29 is 9.84 Å². The third-order valence-electron chi connectivity index (χ3n) is 3.60. The van der Waals surface area contributed by atoms with Gasteiger partial charge in [0.25, 0.3) is 0 Å². The number of rotatable bonds is 6. The van der Waals surface area contributed by atoms with Crippen LogP contribution in [0.25, 0.3) is 0 Å². The first-order chi connectivity index (χ1) is 7.91. The van der Waals surface area contributed by atoms with Crippen LogP contribution in [0.1, 0.15) is 33.6 Å². The first-order valence-electron chi connectivity index (χ1n) is 6.63. The Morgan fingerprint density at radius 1 is 1.35 bits per heavy atom. The first-order valence-corrected chi connectivity index (χ1v) is 6.63. The second-order valence-electron chi connectivity index (χ2n) is 5.93. The zero-order chi connectivity index (χ0) is 12.9. The lowest BCUT2D eigenvalue weighted by atomic mass is 9.79. The van der Waals surface area contributed by atoms with Gasteiger partial charge in [0.05, 0.1) is 5.60 Å². The SMILES string of the molecule is CCN(CC(C)(C)O)CC1(CN)CCOCC1. The highest BCUT2D eigenvalue weighted by Gasteiger charge is 2.33. The summed E-state index contributed by atoms with van der Waals surface area (Å²) < 4.78 is 5.42. The van der Waals surface area contributed by atoms with Crippen molar-refractivity contribution in [2.75, 3.05) is 39.4 Å². The van der Waals surface area contributed by atoms with Crippen molar-refractivity contribution in [3.05, 3.63) is 0 Å². The summed E-state index contributed by atoms with van der Waals surface area (Å²) in [5, 5.41) is 9.91. The summed E-state index contributed by atoms with van der Waals surface area (Å²) in [6.45, 7) is 10.8. The molecule has 0 radical (unpaired) electrons. The molecule has 0 aromatic rings. The third-order valence-corrected chi connectivity index (χ3v) is 3.60. The molecule has 1 aliphatic rings. The Hall–Kier alpha value is -0.160. The fraction of sp³-hybridized carbons (Fsp3) is 1.00. The fourth-order valence-corrected chi connectivity index (χ4v) is 2.53. The van der Waals surface area contributed by atoms with Gasteiger partial charge >= 0.3 is 0 Å². The van der Waals surface area contributed by atoms with Gasteiger partial charge in [-0.05, 0) is 45.2 Å². The lowest BCUT2D eigenvalue weighted by molar-refractivity contribution is -0.0193. The van der Waals surface area contributed by atoms with Gasteiger partial charge in [-0.25, -0.2) is 0 Å². The van der Waals surface area contributed by atoms with Crippen LogP contribution >= 0.6 is 0 Å². The molecule has 1 rings (SSSR count). The maximum absolute atomic E-state index is 9.91. The second-order valence-corrected chi connectivity index (χ2v) is 5.93.